The minimum Gasteiger partial charge on any atom is -0.352 e. The van der Waals surface area contributed by atoms with Crippen LogP contribution in [0.4, 0.5) is 0 Å². The Labute approximate surface area is 154 Å². The summed E-state index contributed by atoms with van der Waals surface area (Å²) in [5.74, 6) is -0.828. The van der Waals surface area contributed by atoms with Crippen molar-refractivity contribution >= 4 is 11.8 Å². The molecule has 142 valence electrons. The Kier molecular flexibility index (Phi) is 6.21. The lowest BCUT2D eigenvalue weighted by molar-refractivity contribution is -0.181. The predicted molar refractivity (Wildman–Crippen MR) is 95.9 cm³/mol. The zero-order chi connectivity index (χ0) is 18.4. The summed E-state index contributed by atoms with van der Waals surface area (Å²) in [6, 6.07) is 3.21. The van der Waals surface area contributed by atoms with Gasteiger partial charge in [0, 0.05) is 44.2 Å². The lowest BCUT2D eigenvalue weighted by Crippen LogP contribution is -2.47. The van der Waals surface area contributed by atoms with Gasteiger partial charge < -0.3 is 19.7 Å². The fraction of sp³-hybridized carbons (Fsp3) is 0.632. The molecule has 2 amide bonds. The average Bonchev–Trinajstić information content (AvgIpc) is 3.13. The second-order valence-corrected chi connectivity index (χ2v) is 6.79. The largest absolute Gasteiger partial charge is 0.352 e. The molecule has 1 aromatic heterocycles. The Hall–Kier alpha value is -1.99. The van der Waals surface area contributed by atoms with Crippen molar-refractivity contribution in [3.63, 3.8) is 0 Å². The highest BCUT2D eigenvalue weighted by Gasteiger charge is 2.41. The summed E-state index contributed by atoms with van der Waals surface area (Å²) >= 11 is 0. The molecule has 2 fully saturated rings. The normalized spacial score (nSPS) is 18.9. The number of amides is 2. The number of nitrogens with zero attached hydrogens (tertiary/aromatic N) is 2. The zero-order valence-electron chi connectivity index (χ0n) is 15.3. The third-order valence-electron chi connectivity index (χ3n) is 4.93. The van der Waals surface area contributed by atoms with Crippen molar-refractivity contribution in [3.8, 4) is 0 Å². The van der Waals surface area contributed by atoms with Gasteiger partial charge in [0.1, 0.15) is 5.69 Å². The van der Waals surface area contributed by atoms with Crippen LogP contribution in [0.5, 0.6) is 0 Å². The molecule has 0 aliphatic carbocycles. The fourth-order valence-electron chi connectivity index (χ4n) is 3.37. The molecular weight excluding hydrogens is 334 g/mol. The molecule has 1 aromatic rings. The first-order valence-corrected chi connectivity index (χ1v) is 9.45. The summed E-state index contributed by atoms with van der Waals surface area (Å²) < 4.78 is 11.4. The number of piperidine rings is 1. The molecule has 2 saturated heterocycles. The number of pyridine rings is 1. The lowest BCUT2D eigenvalue weighted by Gasteiger charge is -2.37. The summed E-state index contributed by atoms with van der Waals surface area (Å²) in [5, 5.41) is 2.89. The van der Waals surface area contributed by atoms with Crippen LogP contribution in [-0.2, 0) is 9.47 Å². The molecule has 0 bridgehead atoms. The standard InChI is InChI=1S/C19H27N3O4/c1-2-3-4-8-21-17(23)15-5-9-20-16(14-15)18(24)22-10-6-19(7-11-22)25-12-13-26-19/h5,9,14H,2-4,6-8,10-13H2,1H3,(H,21,23). The fourth-order valence-corrected chi connectivity index (χ4v) is 3.37. The van der Waals surface area contributed by atoms with Crippen LogP contribution in [0.15, 0.2) is 18.3 Å². The third-order valence-corrected chi connectivity index (χ3v) is 4.93. The minimum atomic E-state index is -0.509. The minimum absolute atomic E-state index is 0.154. The van der Waals surface area contributed by atoms with E-state index in [1.54, 1.807) is 17.0 Å². The maximum absolute atomic E-state index is 12.7. The van der Waals surface area contributed by atoms with Gasteiger partial charge in [-0.05, 0) is 18.6 Å². The highest BCUT2D eigenvalue weighted by molar-refractivity contribution is 5.98. The maximum Gasteiger partial charge on any atom is 0.272 e. The van der Waals surface area contributed by atoms with Crippen molar-refractivity contribution in [2.24, 2.45) is 0 Å². The summed E-state index contributed by atoms with van der Waals surface area (Å²) in [4.78, 5) is 30.9. The summed E-state index contributed by atoms with van der Waals surface area (Å²) in [6.07, 6.45) is 6.00. The molecule has 7 heteroatoms. The van der Waals surface area contributed by atoms with Crippen LogP contribution in [0.3, 0.4) is 0 Å². The van der Waals surface area contributed by atoms with Crippen molar-refractivity contribution in [2.45, 2.75) is 44.8 Å². The molecule has 7 nitrogen and oxygen atoms in total. The molecule has 1 spiro atoms. The number of unbranched alkanes of at least 4 members (excludes halogenated alkanes) is 2. The zero-order valence-corrected chi connectivity index (χ0v) is 15.3. The van der Waals surface area contributed by atoms with E-state index in [9.17, 15) is 9.59 Å². The van der Waals surface area contributed by atoms with Gasteiger partial charge in [-0.3, -0.25) is 14.6 Å². The van der Waals surface area contributed by atoms with Gasteiger partial charge in [-0.25, -0.2) is 0 Å². The quantitative estimate of drug-likeness (QED) is 0.784. The monoisotopic (exact) mass is 361 g/mol. The van der Waals surface area contributed by atoms with Gasteiger partial charge in [0.25, 0.3) is 11.8 Å². The predicted octanol–water partition coefficient (Wildman–Crippen LogP) is 1.98. The number of hydrogen-bond donors (Lipinski definition) is 1. The van der Waals surface area contributed by atoms with E-state index in [-0.39, 0.29) is 11.8 Å². The summed E-state index contributed by atoms with van der Waals surface area (Å²) in [7, 11) is 0. The summed E-state index contributed by atoms with van der Waals surface area (Å²) in [5.41, 5.74) is 0.770. The smallest absolute Gasteiger partial charge is 0.272 e. The number of hydrogen-bond acceptors (Lipinski definition) is 5. The highest BCUT2D eigenvalue weighted by Crippen LogP contribution is 2.31. The lowest BCUT2D eigenvalue weighted by atomic mass is 10.0. The molecule has 1 N–H and O–H groups in total. The van der Waals surface area contributed by atoms with E-state index in [0.717, 1.165) is 19.3 Å². The van der Waals surface area contributed by atoms with Crippen LogP contribution in [0.2, 0.25) is 0 Å². The molecule has 2 aliphatic heterocycles. The van der Waals surface area contributed by atoms with E-state index in [0.29, 0.717) is 56.9 Å². The van der Waals surface area contributed by atoms with Crippen molar-refractivity contribution < 1.29 is 19.1 Å². The van der Waals surface area contributed by atoms with Gasteiger partial charge in [0.05, 0.1) is 13.2 Å². The van der Waals surface area contributed by atoms with Crippen molar-refractivity contribution in [2.75, 3.05) is 32.8 Å². The van der Waals surface area contributed by atoms with Gasteiger partial charge in [0.2, 0.25) is 0 Å². The first-order valence-electron chi connectivity index (χ1n) is 9.45. The van der Waals surface area contributed by atoms with E-state index in [1.165, 1.54) is 6.20 Å². The second kappa shape index (κ2) is 8.60. The van der Waals surface area contributed by atoms with E-state index < -0.39 is 5.79 Å². The van der Waals surface area contributed by atoms with Crippen LogP contribution in [-0.4, -0.2) is 60.3 Å². The SMILES string of the molecule is CCCCCNC(=O)c1ccnc(C(=O)N2CCC3(CC2)OCCO3)c1. The molecule has 26 heavy (non-hydrogen) atoms. The van der Waals surface area contributed by atoms with Crippen molar-refractivity contribution in [3.05, 3.63) is 29.6 Å². The first-order chi connectivity index (χ1) is 12.6. The number of carbonyl (C=O) groups is 2. The van der Waals surface area contributed by atoms with Crippen LogP contribution >= 0.6 is 0 Å². The van der Waals surface area contributed by atoms with Crippen LogP contribution in [0, 0.1) is 0 Å². The second-order valence-electron chi connectivity index (χ2n) is 6.79. The van der Waals surface area contributed by atoms with E-state index in [2.05, 4.69) is 17.2 Å². The Balaban J connectivity index is 1.57. The summed E-state index contributed by atoms with van der Waals surface area (Å²) in [6.45, 7) is 5.13. The Bertz CT molecular complexity index is 633. The first kappa shape index (κ1) is 18.8. The number of aromatic nitrogens is 1. The van der Waals surface area contributed by atoms with Gasteiger partial charge in [0.15, 0.2) is 5.79 Å². The number of ether oxygens (including phenoxy) is 2. The molecule has 0 radical (unpaired) electrons. The molecule has 0 atom stereocenters. The number of rotatable bonds is 6. The molecule has 0 aromatic carbocycles. The number of carbonyl (C=O) groups excluding carboxylic acids is 2. The average molecular weight is 361 g/mol. The van der Waals surface area contributed by atoms with Crippen LogP contribution < -0.4 is 5.32 Å². The van der Waals surface area contributed by atoms with E-state index in [1.807, 2.05) is 0 Å². The molecule has 3 heterocycles. The molecule has 2 aliphatic rings. The van der Waals surface area contributed by atoms with E-state index in [4.69, 9.17) is 9.47 Å². The van der Waals surface area contributed by atoms with Gasteiger partial charge in [-0.2, -0.15) is 0 Å². The Morgan fingerprint density at radius 1 is 1.23 bits per heavy atom. The molecule has 0 unspecified atom stereocenters. The Morgan fingerprint density at radius 3 is 2.65 bits per heavy atom. The molecular formula is C19H27N3O4. The molecule has 0 saturated carbocycles. The van der Waals surface area contributed by atoms with Crippen molar-refractivity contribution in [1.82, 2.24) is 15.2 Å². The van der Waals surface area contributed by atoms with Crippen LogP contribution in [0.1, 0.15) is 59.9 Å². The maximum atomic E-state index is 12.7. The number of likely N-dealkylation sites (tertiary alicyclic amines) is 1. The topological polar surface area (TPSA) is 80.8 Å². The van der Waals surface area contributed by atoms with Crippen molar-refractivity contribution in [1.29, 1.82) is 0 Å². The van der Waals surface area contributed by atoms with Gasteiger partial charge in [-0.1, -0.05) is 19.8 Å². The van der Waals surface area contributed by atoms with Gasteiger partial charge in [-0.15, -0.1) is 0 Å². The van der Waals surface area contributed by atoms with Gasteiger partial charge >= 0.3 is 0 Å². The Morgan fingerprint density at radius 2 is 1.96 bits per heavy atom. The van der Waals surface area contributed by atoms with Crippen LogP contribution in [0.25, 0.3) is 0 Å². The number of nitrogens with one attached hydrogen (secondary N) is 1. The highest BCUT2D eigenvalue weighted by atomic mass is 16.7. The third kappa shape index (κ3) is 4.40. The van der Waals surface area contributed by atoms with E-state index >= 15 is 0 Å². The molecule has 3 rings (SSSR count).